The first-order valence-electron chi connectivity index (χ1n) is 8.07. The number of carbonyl (C=O) groups excluding carboxylic acids is 1. The van der Waals surface area contributed by atoms with Crippen molar-refractivity contribution in [2.75, 3.05) is 0 Å². The molecular weight excluding hydrogens is 310 g/mol. The van der Waals surface area contributed by atoms with Crippen molar-refractivity contribution < 1.29 is 9.53 Å². The van der Waals surface area contributed by atoms with Gasteiger partial charge in [0.2, 0.25) is 0 Å². The fraction of sp³-hybridized carbons (Fsp3) is 0.350. The van der Waals surface area contributed by atoms with Gasteiger partial charge in [-0.2, -0.15) is 0 Å². The molecule has 2 aromatic carbocycles. The zero-order valence-corrected chi connectivity index (χ0v) is 16.6. The van der Waals surface area contributed by atoms with E-state index < -0.39 is 0 Å². The third-order valence-electron chi connectivity index (χ3n) is 4.07. The van der Waals surface area contributed by atoms with Crippen LogP contribution in [-0.4, -0.2) is 30.5 Å². The molecule has 0 aliphatic carbocycles. The average molecular weight is 335 g/mol. The predicted octanol–water partition coefficient (Wildman–Crippen LogP) is 4.55. The Kier molecular flexibility index (Phi) is 8.24. The van der Waals surface area contributed by atoms with Crippen LogP contribution in [0.15, 0.2) is 36.4 Å². The van der Waals surface area contributed by atoms with Gasteiger partial charge in [-0.05, 0) is 76.8 Å². The topological polar surface area (TPSA) is 26.3 Å². The van der Waals surface area contributed by atoms with Crippen LogP contribution in [0.5, 0.6) is 5.75 Å². The van der Waals surface area contributed by atoms with E-state index in [1.165, 1.54) is 0 Å². The largest absolute Gasteiger partial charge is 0.491 e. The number of hydrogen-bond acceptors (Lipinski definition) is 2. The Morgan fingerprint density at radius 1 is 1.08 bits per heavy atom. The Morgan fingerprint density at radius 3 is 2.25 bits per heavy atom. The van der Waals surface area contributed by atoms with Crippen molar-refractivity contribution in [1.29, 1.82) is 0 Å². The minimum atomic E-state index is 0. The Labute approximate surface area is 159 Å². The first-order valence-corrected chi connectivity index (χ1v) is 9.07. The molecule has 2 unspecified atom stereocenters. The number of ether oxygens (including phenoxy) is 1. The molecule has 1 radical (unpaired) electrons. The van der Waals surface area contributed by atoms with E-state index in [1.54, 1.807) is 0 Å². The molecule has 0 fully saturated rings. The molecule has 0 aromatic heterocycles. The van der Waals surface area contributed by atoms with E-state index in [2.05, 4.69) is 13.8 Å². The average Bonchev–Trinajstić information content (AvgIpc) is 2.49. The van der Waals surface area contributed by atoms with Gasteiger partial charge in [-0.1, -0.05) is 31.2 Å². The summed E-state index contributed by atoms with van der Waals surface area (Å²) >= 11 is 0. The summed E-state index contributed by atoms with van der Waals surface area (Å²) in [7, 11) is 0.145. The van der Waals surface area contributed by atoms with Gasteiger partial charge in [-0.15, -0.1) is 0 Å². The first-order chi connectivity index (χ1) is 10.9. The molecule has 24 heavy (non-hydrogen) atoms. The quantitative estimate of drug-likeness (QED) is 0.572. The van der Waals surface area contributed by atoms with E-state index in [4.69, 9.17) is 4.74 Å². The first kappa shape index (κ1) is 21.0. The van der Waals surface area contributed by atoms with Gasteiger partial charge in [0.1, 0.15) is 5.75 Å². The molecule has 0 aliphatic heterocycles. The van der Waals surface area contributed by atoms with E-state index in [-0.39, 0.29) is 39.1 Å². The number of benzene rings is 2. The molecule has 0 heterocycles. The third-order valence-corrected chi connectivity index (χ3v) is 5.37. The molecule has 4 heteroatoms. The van der Waals surface area contributed by atoms with Crippen LogP contribution in [0.2, 0.25) is 0 Å². The molecule has 2 aromatic rings. The van der Waals surface area contributed by atoms with Crippen molar-refractivity contribution in [3.8, 4) is 5.75 Å². The number of hydrogen-bond donors (Lipinski definition) is 0. The molecule has 0 amide bonds. The van der Waals surface area contributed by atoms with Crippen molar-refractivity contribution in [3.63, 3.8) is 0 Å². The van der Waals surface area contributed by atoms with Crippen molar-refractivity contribution in [2.45, 2.75) is 47.1 Å². The maximum Gasteiger partial charge on any atom is 0.186 e. The van der Waals surface area contributed by atoms with Gasteiger partial charge in [0.05, 0.1) is 6.10 Å². The number of carbonyl (C=O) groups is 1. The Balaban J connectivity index is 0.00000288. The van der Waals surface area contributed by atoms with E-state index in [0.29, 0.717) is 0 Å². The maximum atomic E-state index is 12.7. The van der Waals surface area contributed by atoms with Crippen LogP contribution >= 0.6 is 8.58 Å². The van der Waals surface area contributed by atoms with Crippen LogP contribution in [0.4, 0.5) is 0 Å². The van der Waals surface area contributed by atoms with Crippen LogP contribution < -0.4 is 10.0 Å². The van der Waals surface area contributed by atoms with Gasteiger partial charge in [0, 0.05) is 24.4 Å². The molecule has 2 atom stereocenters. The summed E-state index contributed by atoms with van der Waals surface area (Å²) in [5.74, 6) is 0.880. The van der Waals surface area contributed by atoms with Gasteiger partial charge in [-0.3, -0.25) is 4.79 Å². The molecular formula is C20H25LiO2P. The predicted molar refractivity (Wildman–Crippen MR) is 106 cm³/mol. The Hall–Kier alpha value is -1.06. The molecule has 2 rings (SSSR count). The zero-order chi connectivity index (χ0) is 17.0. The van der Waals surface area contributed by atoms with E-state index in [0.717, 1.165) is 39.7 Å². The molecule has 2 nitrogen and oxygen atoms in total. The molecule has 0 saturated heterocycles. The second-order valence-electron chi connectivity index (χ2n) is 6.03. The van der Waals surface area contributed by atoms with Crippen LogP contribution in [0, 0.1) is 20.8 Å². The molecule has 0 N–H and O–H groups in total. The summed E-state index contributed by atoms with van der Waals surface area (Å²) in [6, 6.07) is 12.0. The monoisotopic (exact) mass is 335 g/mol. The Morgan fingerprint density at radius 2 is 1.71 bits per heavy atom. The second kappa shape index (κ2) is 9.43. The van der Waals surface area contributed by atoms with Crippen molar-refractivity contribution in [3.05, 3.63) is 58.7 Å². The van der Waals surface area contributed by atoms with Gasteiger partial charge in [0.25, 0.3) is 0 Å². The van der Waals surface area contributed by atoms with Crippen LogP contribution in [0.1, 0.15) is 47.3 Å². The summed E-state index contributed by atoms with van der Waals surface area (Å²) in [6.45, 7) is 10.2. The molecule has 0 aliphatic rings. The van der Waals surface area contributed by atoms with E-state index in [1.807, 2.05) is 57.2 Å². The van der Waals surface area contributed by atoms with Crippen LogP contribution in [0.25, 0.3) is 0 Å². The normalized spacial score (nSPS) is 12.0. The molecule has 0 bridgehead atoms. The van der Waals surface area contributed by atoms with Gasteiger partial charge < -0.3 is 4.74 Å². The summed E-state index contributed by atoms with van der Waals surface area (Å²) in [4.78, 5) is 12.7. The van der Waals surface area contributed by atoms with Gasteiger partial charge in [0.15, 0.2) is 5.52 Å². The van der Waals surface area contributed by atoms with Crippen LogP contribution in [0.3, 0.4) is 0 Å². The molecule has 123 valence electrons. The van der Waals surface area contributed by atoms with Crippen molar-refractivity contribution >= 4 is 38.3 Å². The third kappa shape index (κ3) is 5.22. The minimum absolute atomic E-state index is 0. The second-order valence-corrected chi connectivity index (χ2v) is 7.28. The summed E-state index contributed by atoms with van der Waals surface area (Å²) in [6.07, 6.45) is 1.19. The standard InChI is InChI=1S/C20H25O2P.Li/c1-6-16(5)22-17-10-11-18(15(4)12-17)23-20(21)19-13(2)8-7-9-14(19)3;/h7-12,16,23H,6H2,1-5H3;. The van der Waals surface area contributed by atoms with Crippen LogP contribution in [-0.2, 0) is 0 Å². The smallest absolute Gasteiger partial charge is 0.186 e. The molecule has 0 saturated carbocycles. The fourth-order valence-corrected chi connectivity index (χ4v) is 3.72. The number of aryl methyl sites for hydroxylation is 3. The van der Waals surface area contributed by atoms with Crippen molar-refractivity contribution in [2.24, 2.45) is 0 Å². The minimum Gasteiger partial charge on any atom is -0.491 e. The summed E-state index contributed by atoms with van der Waals surface area (Å²) in [5, 5.41) is 1.09. The van der Waals surface area contributed by atoms with E-state index in [9.17, 15) is 4.79 Å². The van der Waals surface area contributed by atoms with Gasteiger partial charge in [-0.25, -0.2) is 0 Å². The molecule has 0 spiro atoms. The van der Waals surface area contributed by atoms with Gasteiger partial charge >= 0.3 is 0 Å². The zero-order valence-electron chi connectivity index (χ0n) is 15.6. The van der Waals surface area contributed by atoms with E-state index >= 15 is 0 Å². The SMILES string of the molecule is CCC(C)Oc1ccc(PC(=O)c2c(C)cccc2C)c(C)c1.[Li]. The summed E-state index contributed by atoms with van der Waals surface area (Å²) < 4.78 is 5.85. The number of rotatable bonds is 6. The maximum absolute atomic E-state index is 12.7. The fourth-order valence-electron chi connectivity index (χ4n) is 2.52. The summed E-state index contributed by atoms with van der Waals surface area (Å²) in [5.41, 5.74) is 4.29. The Bertz CT molecular complexity index is 693. The van der Waals surface area contributed by atoms with Crippen molar-refractivity contribution in [1.82, 2.24) is 0 Å².